The van der Waals surface area contributed by atoms with Gasteiger partial charge in [-0.2, -0.15) is 0 Å². The number of nitrogens with zero attached hydrogens (tertiary/aromatic N) is 2. The van der Waals surface area contributed by atoms with Crippen molar-refractivity contribution in [1.29, 1.82) is 0 Å². The highest BCUT2D eigenvalue weighted by Gasteiger charge is 2.16. The molecule has 3 aromatic rings. The van der Waals surface area contributed by atoms with Gasteiger partial charge in [0.25, 0.3) is 0 Å². The molecule has 2 heterocycles. The van der Waals surface area contributed by atoms with Crippen LogP contribution in [0.3, 0.4) is 0 Å². The Hall–Kier alpha value is -2.20. The maximum absolute atomic E-state index is 4.48. The second-order valence-corrected chi connectivity index (χ2v) is 5.34. The predicted molar refractivity (Wildman–Crippen MR) is 88.1 cm³/mol. The molecular weight excluding hydrogens is 326 g/mol. The van der Waals surface area contributed by atoms with E-state index < -0.39 is 0 Å². The van der Waals surface area contributed by atoms with Crippen LogP contribution in [0.25, 0.3) is 0 Å². The fourth-order valence-electron chi connectivity index (χ4n) is 2.17. The van der Waals surface area contributed by atoms with E-state index in [2.05, 4.69) is 43.3 Å². The zero-order chi connectivity index (χ0) is 14.5. The Morgan fingerprint density at radius 2 is 1.57 bits per heavy atom. The predicted octanol–water partition coefficient (Wildman–Crippen LogP) is 4.44. The van der Waals surface area contributed by atoms with Crippen molar-refractivity contribution in [1.82, 2.24) is 9.97 Å². The Morgan fingerprint density at radius 3 is 2.29 bits per heavy atom. The third kappa shape index (κ3) is 3.28. The molecule has 0 spiro atoms. The van der Waals surface area contributed by atoms with Gasteiger partial charge in [-0.1, -0.05) is 36.4 Å². The largest absolute Gasteiger partial charge is 0.371 e. The Bertz CT molecular complexity index is 662. The number of hydrogen-bond donors (Lipinski definition) is 1. The van der Waals surface area contributed by atoms with Crippen LogP contribution >= 0.6 is 15.9 Å². The first kappa shape index (κ1) is 13.8. The first-order valence-corrected chi connectivity index (χ1v) is 7.47. The summed E-state index contributed by atoms with van der Waals surface area (Å²) in [5.41, 5.74) is 3.07. The number of benzene rings is 1. The van der Waals surface area contributed by atoms with Gasteiger partial charge in [-0.25, -0.2) is 4.98 Å². The van der Waals surface area contributed by atoms with Crippen LogP contribution in [-0.4, -0.2) is 9.97 Å². The van der Waals surface area contributed by atoms with Crippen LogP contribution in [0.15, 0.2) is 77.7 Å². The quantitative estimate of drug-likeness (QED) is 0.714. The van der Waals surface area contributed by atoms with E-state index in [0.717, 1.165) is 21.5 Å². The summed E-state index contributed by atoms with van der Waals surface area (Å²) in [5, 5.41) is 3.51. The molecular formula is C17H14BrN3. The first-order chi connectivity index (χ1) is 10.3. The Balaban J connectivity index is 1.99. The molecule has 0 aliphatic heterocycles. The highest BCUT2D eigenvalue weighted by molar-refractivity contribution is 9.10. The van der Waals surface area contributed by atoms with Crippen LogP contribution in [0, 0.1) is 0 Å². The second-order valence-electron chi connectivity index (χ2n) is 4.58. The molecule has 1 N–H and O–H groups in total. The number of anilines is 1. The van der Waals surface area contributed by atoms with Crippen LogP contribution in [0.2, 0.25) is 0 Å². The van der Waals surface area contributed by atoms with Crippen LogP contribution in [0.4, 0.5) is 5.69 Å². The summed E-state index contributed by atoms with van der Waals surface area (Å²) in [4.78, 5) is 8.74. The second kappa shape index (κ2) is 6.50. The first-order valence-electron chi connectivity index (χ1n) is 6.67. The molecule has 0 saturated heterocycles. The lowest BCUT2D eigenvalue weighted by molar-refractivity contribution is 0.884. The van der Waals surface area contributed by atoms with Gasteiger partial charge >= 0.3 is 0 Å². The number of aromatic nitrogens is 2. The molecule has 2 aromatic heterocycles. The summed E-state index contributed by atoms with van der Waals surface area (Å²) < 4.78 is 0.793. The molecule has 0 amide bonds. The number of pyridine rings is 2. The summed E-state index contributed by atoms with van der Waals surface area (Å²) in [5.74, 6) is 0. The molecule has 0 aliphatic carbocycles. The average molecular weight is 340 g/mol. The number of halogens is 1. The number of nitrogens with one attached hydrogen (secondary N) is 1. The lowest BCUT2D eigenvalue weighted by Gasteiger charge is -2.20. The molecule has 1 atom stereocenters. The van der Waals surface area contributed by atoms with Gasteiger partial charge in [0.05, 0.1) is 17.4 Å². The van der Waals surface area contributed by atoms with E-state index >= 15 is 0 Å². The molecule has 3 nitrogen and oxygen atoms in total. The van der Waals surface area contributed by atoms with Crippen molar-refractivity contribution in [2.75, 3.05) is 5.32 Å². The maximum Gasteiger partial charge on any atom is 0.129 e. The summed E-state index contributed by atoms with van der Waals surface area (Å²) in [6, 6.07) is 20.1. The minimum Gasteiger partial charge on any atom is -0.371 e. The fraction of sp³-hybridized carbons (Fsp3) is 0.0588. The van der Waals surface area contributed by atoms with Crippen LogP contribution in [0.5, 0.6) is 0 Å². The Morgan fingerprint density at radius 1 is 0.810 bits per heavy atom. The van der Waals surface area contributed by atoms with E-state index in [1.807, 2.05) is 54.7 Å². The molecule has 0 fully saturated rings. The van der Waals surface area contributed by atoms with E-state index in [1.165, 1.54) is 0 Å². The lowest BCUT2D eigenvalue weighted by Crippen LogP contribution is -2.14. The van der Waals surface area contributed by atoms with Crippen molar-refractivity contribution >= 4 is 21.6 Å². The Labute approximate surface area is 132 Å². The molecule has 1 aromatic carbocycles. The zero-order valence-electron chi connectivity index (χ0n) is 11.3. The van der Waals surface area contributed by atoms with Crippen LogP contribution in [0.1, 0.15) is 17.3 Å². The molecule has 0 bridgehead atoms. The van der Waals surface area contributed by atoms with Gasteiger partial charge in [0.2, 0.25) is 0 Å². The van der Waals surface area contributed by atoms with Gasteiger partial charge in [-0.05, 0) is 45.8 Å². The molecule has 21 heavy (non-hydrogen) atoms. The van der Waals surface area contributed by atoms with Crippen LogP contribution in [-0.2, 0) is 0 Å². The van der Waals surface area contributed by atoms with Crippen molar-refractivity contribution in [2.24, 2.45) is 0 Å². The van der Waals surface area contributed by atoms with Crippen molar-refractivity contribution in [3.05, 3.63) is 88.9 Å². The van der Waals surface area contributed by atoms with Gasteiger partial charge in [0.1, 0.15) is 4.60 Å². The summed E-state index contributed by atoms with van der Waals surface area (Å²) in [6.45, 7) is 0. The molecule has 0 radical (unpaired) electrons. The van der Waals surface area contributed by atoms with Gasteiger partial charge in [0, 0.05) is 12.4 Å². The third-order valence-corrected chi connectivity index (χ3v) is 3.81. The standard InChI is InChI=1S/C17H14BrN3/c18-17-15(10-6-12-20-17)21-16(13-7-2-1-3-8-13)14-9-4-5-11-19-14/h1-12,16,21H. The van der Waals surface area contributed by atoms with Crippen LogP contribution < -0.4 is 5.32 Å². The molecule has 0 aliphatic rings. The lowest BCUT2D eigenvalue weighted by atomic mass is 10.0. The minimum atomic E-state index is -0.0205. The highest BCUT2D eigenvalue weighted by atomic mass is 79.9. The van der Waals surface area contributed by atoms with Crippen molar-refractivity contribution in [3.8, 4) is 0 Å². The smallest absolute Gasteiger partial charge is 0.129 e. The molecule has 1 unspecified atom stereocenters. The van der Waals surface area contributed by atoms with Crippen molar-refractivity contribution < 1.29 is 0 Å². The van der Waals surface area contributed by atoms with E-state index in [0.29, 0.717) is 0 Å². The SMILES string of the molecule is Brc1ncccc1NC(c1ccccc1)c1ccccn1. The fourth-order valence-corrected chi connectivity index (χ4v) is 2.53. The number of rotatable bonds is 4. The van der Waals surface area contributed by atoms with Crippen molar-refractivity contribution in [3.63, 3.8) is 0 Å². The zero-order valence-corrected chi connectivity index (χ0v) is 12.9. The molecule has 4 heteroatoms. The highest BCUT2D eigenvalue weighted by Crippen LogP contribution is 2.28. The van der Waals surface area contributed by atoms with Gasteiger partial charge in [-0.3, -0.25) is 4.98 Å². The van der Waals surface area contributed by atoms with E-state index in [4.69, 9.17) is 0 Å². The summed E-state index contributed by atoms with van der Waals surface area (Å²) in [6.07, 6.45) is 3.57. The molecule has 104 valence electrons. The van der Waals surface area contributed by atoms with E-state index in [1.54, 1.807) is 6.20 Å². The molecule has 3 rings (SSSR count). The van der Waals surface area contributed by atoms with Gasteiger partial charge in [-0.15, -0.1) is 0 Å². The molecule has 0 saturated carbocycles. The minimum absolute atomic E-state index is 0.0205. The topological polar surface area (TPSA) is 37.8 Å². The third-order valence-electron chi connectivity index (χ3n) is 3.18. The van der Waals surface area contributed by atoms with Crippen molar-refractivity contribution in [2.45, 2.75) is 6.04 Å². The maximum atomic E-state index is 4.48. The normalized spacial score (nSPS) is 11.9. The van der Waals surface area contributed by atoms with Gasteiger partial charge < -0.3 is 5.32 Å². The summed E-state index contributed by atoms with van der Waals surface area (Å²) >= 11 is 3.48. The van der Waals surface area contributed by atoms with E-state index in [9.17, 15) is 0 Å². The monoisotopic (exact) mass is 339 g/mol. The number of hydrogen-bond acceptors (Lipinski definition) is 3. The van der Waals surface area contributed by atoms with Gasteiger partial charge in [0.15, 0.2) is 0 Å². The van der Waals surface area contributed by atoms with E-state index in [-0.39, 0.29) is 6.04 Å². The average Bonchev–Trinajstić information content (AvgIpc) is 2.56. The summed E-state index contributed by atoms with van der Waals surface area (Å²) in [7, 11) is 0. The Kier molecular flexibility index (Phi) is 4.26.